The molecular formula is C26H28ClF2N3O3S2. The Labute approximate surface area is 230 Å². The molecule has 1 amide bonds. The lowest BCUT2D eigenvalue weighted by Gasteiger charge is -2.12. The molecule has 0 fully saturated rings. The van der Waals surface area contributed by atoms with Crippen molar-refractivity contribution >= 4 is 58.4 Å². The monoisotopic (exact) mass is 567 g/mol. The second kappa shape index (κ2) is 15.3. The normalized spacial score (nSPS) is 11.0. The summed E-state index contributed by atoms with van der Waals surface area (Å²) in [4.78, 5) is 17.7. The number of amides is 1. The van der Waals surface area contributed by atoms with E-state index in [-0.39, 0.29) is 24.1 Å². The third kappa shape index (κ3) is 10.1. The molecular weight excluding hydrogens is 540 g/mol. The molecule has 6 nitrogen and oxygen atoms in total. The lowest BCUT2D eigenvalue weighted by Crippen LogP contribution is -2.18. The highest BCUT2D eigenvalue weighted by molar-refractivity contribution is 8.14. The first kappa shape index (κ1) is 30.3. The van der Waals surface area contributed by atoms with Crippen LogP contribution in [0.4, 0.5) is 20.2 Å². The number of aryl methyl sites for hydroxylation is 1. The molecule has 0 atom stereocenters. The van der Waals surface area contributed by atoms with Crippen LogP contribution in [0.3, 0.4) is 0 Å². The summed E-state index contributed by atoms with van der Waals surface area (Å²) < 4.78 is 35.9. The number of carbonyl (C=O) groups is 1. The van der Waals surface area contributed by atoms with Crippen LogP contribution in [0.25, 0.3) is 0 Å². The number of benzene rings is 3. The van der Waals surface area contributed by atoms with Crippen LogP contribution in [-0.4, -0.2) is 36.8 Å². The van der Waals surface area contributed by atoms with E-state index in [1.807, 2.05) is 43.3 Å². The number of hydrogen-bond donors (Lipinski definition) is 2. The fourth-order valence-electron chi connectivity index (χ4n) is 3.16. The van der Waals surface area contributed by atoms with Gasteiger partial charge < -0.3 is 20.1 Å². The summed E-state index contributed by atoms with van der Waals surface area (Å²) in [7, 11) is 3.14. The van der Waals surface area contributed by atoms with Crippen molar-refractivity contribution in [1.82, 2.24) is 0 Å². The molecule has 37 heavy (non-hydrogen) atoms. The number of ether oxygens (including phenoxy) is 2. The first-order valence-electron chi connectivity index (χ1n) is 10.9. The Balaban J connectivity index is 0.00000481. The van der Waals surface area contributed by atoms with E-state index in [1.54, 1.807) is 44.6 Å². The second-order valence-corrected chi connectivity index (χ2v) is 9.57. The molecule has 11 heteroatoms. The van der Waals surface area contributed by atoms with Gasteiger partial charge in [0.15, 0.2) is 16.7 Å². The fourth-order valence-corrected chi connectivity index (χ4v) is 4.35. The number of rotatable bonds is 10. The number of methoxy groups -OCH3 is 2. The van der Waals surface area contributed by atoms with Crippen LogP contribution in [0.1, 0.15) is 11.1 Å². The summed E-state index contributed by atoms with van der Waals surface area (Å²) in [5, 5.41) is 6.58. The predicted molar refractivity (Wildman–Crippen MR) is 152 cm³/mol. The van der Waals surface area contributed by atoms with Crippen LogP contribution in [0, 0.1) is 6.92 Å². The first-order chi connectivity index (χ1) is 17.4. The van der Waals surface area contributed by atoms with E-state index in [1.165, 1.54) is 11.8 Å². The van der Waals surface area contributed by atoms with E-state index < -0.39 is 5.76 Å². The molecule has 2 N–H and O–H groups in total. The molecule has 3 rings (SSSR count). The fraction of sp³-hybridized carbons (Fsp3) is 0.231. The summed E-state index contributed by atoms with van der Waals surface area (Å²) in [6.45, 7) is 2.28. The third-order valence-corrected chi connectivity index (χ3v) is 6.46. The molecule has 0 bridgehead atoms. The second-order valence-electron chi connectivity index (χ2n) is 7.54. The van der Waals surface area contributed by atoms with Crippen LogP contribution < -0.4 is 20.1 Å². The summed E-state index contributed by atoms with van der Waals surface area (Å²) in [6.07, 6.45) is 0. The van der Waals surface area contributed by atoms with Crippen molar-refractivity contribution in [2.24, 2.45) is 4.99 Å². The Kier molecular flexibility index (Phi) is 12.5. The Morgan fingerprint density at radius 1 is 0.946 bits per heavy atom. The predicted octanol–water partition coefficient (Wildman–Crippen LogP) is 7.09. The molecule has 0 aromatic heterocycles. The zero-order valence-corrected chi connectivity index (χ0v) is 22.9. The van der Waals surface area contributed by atoms with Crippen molar-refractivity contribution in [3.8, 4) is 11.5 Å². The summed E-state index contributed by atoms with van der Waals surface area (Å²) >= 11 is 1.73. The molecule has 0 unspecified atom stereocenters. The van der Waals surface area contributed by atoms with Crippen LogP contribution in [-0.2, 0) is 11.3 Å². The number of hydrogen-bond acceptors (Lipinski definition) is 6. The average Bonchev–Trinajstić information content (AvgIpc) is 2.86. The molecule has 0 radical (unpaired) electrons. The minimum atomic E-state index is -2.48. The highest BCUT2D eigenvalue weighted by atomic mass is 35.5. The molecule has 3 aromatic carbocycles. The number of halogens is 3. The van der Waals surface area contributed by atoms with Crippen molar-refractivity contribution < 1.29 is 23.0 Å². The SMILES string of the molecule is COc1ccc(CN=C(Nc2ccc(SC(F)F)cc2)SCC(=O)Nc2cccc(C)c2)cc1OC.Cl. The minimum Gasteiger partial charge on any atom is -0.493 e. The van der Waals surface area contributed by atoms with Crippen LogP contribution in [0.15, 0.2) is 76.6 Å². The maximum Gasteiger partial charge on any atom is 0.288 e. The summed E-state index contributed by atoms with van der Waals surface area (Å²) in [5.41, 5.74) is 3.34. The minimum absolute atomic E-state index is 0. The average molecular weight is 568 g/mol. The maximum absolute atomic E-state index is 12.6. The van der Waals surface area contributed by atoms with Gasteiger partial charge >= 0.3 is 0 Å². The van der Waals surface area contributed by atoms with Gasteiger partial charge in [0.1, 0.15) is 0 Å². The Hall–Kier alpha value is -2.95. The Morgan fingerprint density at radius 3 is 2.32 bits per heavy atom. The maximum atomic E-state index is 12.6. The van der Waals surface area contributed by atoms with Crippen molar-refractivity contribution in [2.75, 3.05) is 30.6 Å². The van der Waals surface area contributed by atoms with Gasteiger partial charge in [-0.25, -0.2) is 0 Å². The highest BCUT2D eigenvalue weighted by Gasteiger charge is 2.10. The largest absolute Gasteiger partial charge is 0.493 e. The highest BCUT2D eigenvalue weighted by Crippen LogP contribution is 2.29. The molecule has 0 aliphatic carbocycles. The zero-order valence-electron chi connectivity index (χ0n) is 20.5. The van der Waals surface area contributed by atoms with Crippen molar-refractivity contribution in [2.45, 2.75) is 24.1 Å². The van der Waals surface area contributed by atoms with Crippen LogP contribution in [0.2, 0.25) is 0 Å². The van der Waals surface area contributed by atoms with E-state index in [2.05, 4.69) is 15.6 Å². The van der Waals surface area contributed by atoms with Gasteiger partial charge in [0.05, 0.1) is 26.5 Å². The Morgan fingerprint density at radius 2 is 1.68 bits per heavy atom. The molecule has 3 aromatic rings. The van der Waals surface area contributed by atoms with Gasteiger partial charge in [0, 0.05) is 16.3 Å². The number of amidine groups is 1. The standard InChI is InChI=1S/C26H27F2N3O3S2.ClH/c1-17-5-4-6-20(13-17)30-24(32)16-35-26(31-19-8-10-21(11-9-19)36-25(27)28)29-15-18-7-12-22(33-2)23(14-18)34-3;/h4-14,25H,15-16H2,1-3H3,(H,29,31)(H,30,32);1H. The van der Waals surface area contributed by atoms with E-state index in [9.17, 15) is 13.6 Å². The molecule has 0 spiro atoms. The van der Waals surface area contributed by atoms with Crippen LogP contribution in [0.5, 0.6) is 11.5 Å². The lowest BCUT2D eigenvalue weighted by atomic mass is 10.2. The molecule has 0 aliphatic rings. The number of alkyl halides is 2. The zero-order chi connectivity index (χ0) is 25.9. The molecule has 0 aliphatic heterocycles. The quantitative estimate of drug-likeness (QED) is 0.155. The number of aliphatic imine (C=N–C) groups is 1. The van der Waals surface area contributed by atoms with Crippen LogP contribution >= 0.6 is 35.9 Å². The van der Waals surface area contributed by atoms with Crippen molar-refractivity contribution in [3.63, 3.8) is 0 Å². The van der Waals surface area contributed by atoms with E-state index in [0.29, 0.717) is 45.6 Å². The van der Waals surface area contributed by atoms with Gasteiger partial charge in [-0.05, 0) is 66.6 Å². The van der Waals surface area contributed by atoms with Crippen molar-refractivity contribution in [3.05, 3.63) is 77.9 Å². The smallest absolute Gasteiger partial charge is 0.288 e. The number of carbonyl (C=O) groups excluding carboxylic acids is 1. The third-order valence-electron chi connectivity index (χ3n) is 4.83. The van der Waals surface area contributed by atoms with Gasteiger partial charge in [-0.2, -0.15) is 8.78 Å². The molecule has 0 saturated carbocycles. The Bertz CT molecular complexity index is 1200. The van der Waals surface area contributed by atoms with Gasteiger partial charge in [0.2, 0.25) is 5.91 Å². The van der Waals surface area contributed by atoms with E-state index in [4.69, 9.17) is 9.47 Å². The number of thioether (sulfide) groups is 2. The van der Waals surface area contributed by atoms with Gasteiger partial charge in [0.25, 0.3) is 5.76 Å². The topological polar surface area (TPSA) is 72.0 Å². The molecule has 0 saturated heterocycles. The van der Waals surface area contributed by atoms with Gasteiger partial charge in [-0.3, -0.25) is 9.79 Å². The number of nitrogens with one attached hydrogen (secondary N) is 2. The first-order valence-corrected chi connectivity index (χ1v) is 12.8. The van der Waals surface area contributed by atoms with Gasteiger partial charge in [-0.15, -0.1) is 12.4 Å². The van der Waals surface area contributed by atoms with Gasteiger partial charge in [-0.1, -0.05) is 41.7 Å². The molecule has 198 valence electrons. The number of nitrogens with zero attached hydrogens (tertiary/aromatic N) is 1. The number of anilines is 2. The van der Waals surface area contributed by atoms with E-state index >= 15 is 0 Å². The van der Waals surface area contributed by atoms with Crippen molar-refractivity contribution in [1.29, 1.82) is 0 Å². The lowest BCUT2D eigenvalue weighted by molar-refractivity contribution is -0.113. The summed E-state index contributed by atoms with van der Waals surface area (Å²) in [5.74, 6) is -1.31. The van der Waals surface area contributed by atoms with E-state index in [0.717, 1.165) is 16.8 Å². The summed E-state index contributed by atoms with van der Waals surface area (Å²) in [6, 6.07) is 19.7. The molecule has 0 heterocycles.